The van der Waals surface area contributed by atoms with Crippen LogP contribution in [0, 0.1) is 0 Å². The van der Waals surface area contributed by atoms with E-state index in [2.05, 4.69) is 27.0 Å². The number of H-pyrrole nitrogens is 1. The SMILES string of the molecule is CCOCC1CCCN1Cc1nc(CC)n[nH]1. The van der Waals surface area contributed by atoms with Crippen LogP contribution in [0.2, 0.25) is 0 Å². The first-order valence-electron chi connectivity index (χ1n) is 6.55. The minimum absolute atomic E-state index is 0.546. The average molecular weight is 238 g/mol. The molecule has 1 atom stereocenters. The second kappa shape index (κ2) is 6.12. The fourth-order valence-electron chi connectivity index (χ4n) is 2.30. The van der Waals surface area contributed by atoms with Crippen LogP contribution in [0.1, 0.15) is 38.3 Å². The Balaban J connectivity index is 1.88. The van der Waals surface area contributed by atoms with Gasteiger partial charge in [-0.15, -0.1) is 0 Å². The molecule has 0 radical (unpaired) electrons. The third-order valence-electron chi connectivity index (χ3n) is 3.26. The predicted octanol–water partition coefficient (Wildman–Crippen LogP) is 1.37. The molecule has 5 heteroatoms. The molecule has 1 aromatic rings. The first-order chi connectivity index (χ1) is 8.33. The summed E-state index contributed by atoms with van der Waals surface area (Å²) in [5, 5.41) is 7.19. The van der Waals surface area contributed by atoms with E-state index in [1.165, 1.54) is 12.8 Å². The summed E-state index contributed by atoms with van der Waals surface area (Å²) in [5.41, 5.74) is 0. The van der Waals surface area contributed by atoms with Gasteiger partial charge in [0.25, 0.3) is 0 Å². The van der Waals surface area contributed by atoms with E-state index in [-0.39, 0.29) is 0 Å². The number of nitrogens with zero attached hydrogens (tertiary/aromatic N) is 3. The number of aromatic nitrogens is 3. The van der Waals surface area contributed by atoms with Crippen molar-refractivity contribution in [2.24, 2.45) is 0 Å². The molecule has 17 heavy (non-hydrogen) atoms. The van der Waals surface area contributed by atoms with Crippen LogP contribution in [0.25, 0.3) is 0 Å². The maximum atomic E-state index is 5.52. The van der Waals surface area contributed by atoms with E-state index in [9.17, 15) is 0 Å². The largest absolute Gasteiger partial charge is 0.380 e. The van der Waals surface area contributed by atoms with Crippen LogP contribution in [-0.4, -0.2) is 45.9 Å². The van der Waals surface area contributed by atoms with E-state index in [1.54, 1.807) is 0 Å². The number of hydrogen-bond acceptors (Lipinski definition) is 4. The standard InChI is InChI=1S/C12H22N4O/c1-3-11-13-12(15-14-11)8-16-7-5-6-10(16)9-17-4-2/h10H,3-9H2,1-2H3,(H,13,14,15). The molecule has 1 aliphatic heterocycles. The van der Waals surface area contributed by atoms with Gasteiger partial charge in [0.05, 0.1) is 13.2 Å². The molecule has 2 heterocycles. The minimum Gasteiger partial charge on any atom is -0.380 e. The third kappa shape index (κ3) is 3.26. The van der Waals surface area contributed by atoms with E-state index in [0.717, 1.165) is 44.4 Å². The highest BCUT2D eigenvalue weighted by molar-refractivity contribution is 4.92. The molecule has 1 aliphatic rings. The van der Waals surface area contributed by atoms with Gasteiger partial charge in [-0.05, 0) is 26.3 Å². The van der Waals surface area contributed by atoms with Gasteiger partial charge in [0, 0.05) is 19.1 Å². The fourth-order valence-corrected chi connectivity index (χ4v) is 2.30. The molecule has 0 aliphatic carbocycles. The van der Waals surface area contributed by atoms with Gasteiger partial charge < -0.3 is 4.74 Å². The highest BCUT2D eigenvalue weighted by Crippen LogP contribution is 2.19. The highest BCUT2D eigenvalue weighted by Gasteiger charge is 2.25. The Hall–Kier alpha value is -0.940. The molecule has 0 aromatic carbocycles. The van der Waals surface area contributed by atoms with Gasteiger partial charge in [0.15, 0.2) is 0 Å². The van der Waals surface area contributed by atoms with Crippen LogP contribution in [0.4, 0.5) is 0 Å². The van der Waals surface area contributed by atoms with Gasteiger partial charge in [-0.3, -0.25) is 10.00 Å². The summed E-state index contributed by atoms with van der Waals surface area (Å²) in [4.78, 5) is 6.90. The van der Waals surface area contributed by atoms with E-state index >= 15 is 0 Å². The van der Waals surface area contributed by atoms with Crippen molar-refractivity contribution < 1.29 is 4.74 Å². The zero-order valence-corrected chi connectivity index (χ0v) is 10.8. The van der Waals surface area contributed by atoms with Gasteiger partial charge in [-0.2, -0.15) is 5.10 Å². The number of nitrogens with one attached hydrogen (secondary N) is 1. The maximum absolute atomic E-state index is 5.52. The topological polar surface area (TPSA) is 54.0 Å². The van der Waals surface area contributed by atoms with Crippen molar-refractivity contribution in [1.29, 1.82) is 0 Å². The first kappa shape index (κ1) is 12.5. The van der Waals surface area contributed by atoms with Gasteiger partial charge in [0.1, 0.15) is 11.6 Å². The molecule has 1 saturated heterocycles. The Kier molecular flexibility index (Phi) is 4.50. The number of aromatic amines is 1. The van der Waals surface area contributed by atoms with E-state index < -0.39 is 0 Å². The summed E-state index contributed by atoms with van der Waals surface area (Å²) in [5.74, 6) is 1.88. The van der Waals surface area contributed by atoms with Gasteiger partial charge in [0.2, 0.25) is 0 Å². The first-order valence-corrected chi connectivity index (χ1v) is 6.55. The lowest BCUT2D eigenvalue weighted by molar-refractivity contribution is 0.0814. The lowest BCUT2D eigenvalue weighted by Gasteiger charge is -2.22. The van der Waals surface area contributed by atoms with Crippen LogP contribution >= 0.6 is 0 Å². The van der Waals surface area contributed by atoms with E-state index in [1.807, 2.05) is 6.92 Å². The molecule has 1 aromatic heterocycles. The molecule has 96 valence electrons. The normalized spacial score (nSPS) is 21.2. The molecule has 0 bridgehead atoms. The van der Waals surface area contributed by atoms with Gasteiger partial charge >= 0.3 is 0 Å². The highest BCUT2D eigenvalue weighted by atomic mass is 16.5. The molecule has 1 N–H and O–H groups in total. The molecule has 0 amide bonds. The fraction of sp³-hybridized carbons (Fsp3) is 0.833. The monoisotopic (exact) mass is 238 g/mol. The van der Waals surface area contributed by atoms with Crippen LogP contribution in [0.3, 0.4) is 0 Å². The van der Waals surface area contributed by atoms with E-state index in [0.29, 0.717) is 6.04 Å². The summed E-state index contributed by atoms with van der Waals surface area (Å²) in [6.07, 6.45) is 3.38. The van der Waals surface area contributed by atoms with Crippen LogP contribution < -0.4 is 0 Å². The second-order valence-electron chi connectivity index (χ2n) is 4.48. The number of aryl methyl sites for hydroxylation is 1. The van der Waals surface area contributed by atoms with Crippen molar-refractivity contribution >= 4 is 0 Å². The molecule has 0 spiro atoms. The summed E-state index contributed by atoms with van der Waals surface area (Å²) in [6.45, 7) is 7.76. The van der Waals surface area contributed by atoms with Crippen molar-refractivity contribution in [3.63, 3.8) is 0 Å². The van der Waals surface area contributed by atoms with Crippen molar-refractivity contribution in [2.45, 2.75) is 45.7 Å². The molecular formula is C12H22N4O. The van der Waals surface area contributed by atoms with Crippen molar-refractivity contribution in [3.8, 4) is 0 Å². The molecular weight excluding hydrogens is 216 g/mol. The summed E-state index contributed by atoms with van der Waals surface area (Å²) in [6, 6.07) is 0.546. The Morgan fingerprint density at radius 2 is 2.35 bits per heavy atom. The Morgan fingerprint density at radius 3 is 3.06 bits per heavy atom. The maximum Gasteiger partial charge on any atom is 0.150 e. The van der Waals surface area contributed by atoms with Gasteiger partial charge in [-0.1, -0.05) is 6.92 Å². The molecule has 1 unspecified atom stereocenters. The lowest BCUT2D eigenvalue weighted by Crippen LogP contribution is -2.33. The molecule has 1 fully saturated rings. The summed E-state index contributed by atoms with van der Waals surface area (Å²) >= 11 is 0. The van der Waals surface area contributed by atoms with Crippen molar-refractivity contribution in [1.82, 2.24) is 20.1 Å². The van der Waals surface area contributed by atoms with Crippen LogP contribution in [0.5, 0.6) is 0 Å². The summed E-state index contributed by atoms with van der Waals surface area (Å²) in [7, 11) is 0. The Bertz CT molecular complexity index is 339. The number of likely N-dealkylation sites (tertiary alicyclic amines) is 1. The smallest absolute Gasteiger partial charge is 0.150 e. The number of hydrogen-bond donors (Lipinski definition) is 1. The zero-order chi connectivity index (χ0) is 12.1. The molecule has 0 saturated carbocycles. The predicted molar refractivity (Wildman–Crippen MR) is 65.7 cm³/mol. The molecule has 5 nitrogen and oxygen atoms in total. The average Bonchev–Trinajstić information content (AvgIpc) is 2.96. The van der Waals surface area contributed by atoms with Crippen molar-refractivity contribution in [3.05, 3.63) is 11.6 Å². The van der Waals surface area contributed by atoms with Crippen LogP contribution in [0.15, 0.2) is 0 Å². The second-order valence-corrected chi connectivity index (χ2v) is 4.48. The molecule has 2 rings (SSSR count). The Labute approximate surface area is 103 Å². The zero-order valence-electron chi connectivity index (χ0n) is 10.8. The number of rotatable bonds is 6. The van der Waals surface area contributed by atoms with Crippen molar-refractivity contribution in [2.75, 3.05) is 19.8 Å². The third-order valence-corrected chi connectivity index (χ3v) is 3.26. The summed E-state index contributed by atoms with van der Waals surface area (Å²) < 4.78 is 5.52. The van der Waals surface area contributed by atoms with Crippen LogP contribution in [-0.2, 0) is 17.7 Å². The number of ether oxygens (including phenoxy) is 1. The minimum atomic E-state index is 0.546. The Morgan fingerprint density at radius 1 is 1.47 bits per heavy atom. The van der Waals surface area contributed by atoms with E-state index in [4.69, 9.17) is 4.74 Å². The van der Waals surface area contributed by atoms with Gasteiger partial charge in [-0.25, -0.2) is 4.98 Å². The quantitative estimate of drug-likeness (QED) is 0.813. The lowest BCUT2D eigenvalue weighted by atomic mass is 10.2.